The number of ether oxygens (including phenoxy) is 5. The van der Waals surface area contributed by atoms with Crippen LogP contribution < -0.4 is 14.2 Å². The monoisotopic (exact) mass is 558 g/mol. The van der Waals surface area contributed by atoms with Crippen molar-refractivity contribution in [2.24, 2.45) is 0 Å². The van der Waals surface area contributed by atoms with Crippen molar-refractivity contribution in [1.29, 1.82) is 0 Å². The molecule has 5 nitrogen and oxygen atoms in total. The van der Waals surface area contributed by atoms with Gasteiger partial charge in [-0.2, -0.15) is 0 Å². The van der Waals surface area contributed by atoms with E-state index in [9.17, 15) is 0 Å². The summed E-state index contributed by atoms with van der Waals surface area (Å²) in [6.45, 7) is 1.39. The van der Waals surface area contributed by atoms with Gasteiger partial charge in [0, 0.05) is 16.7 Å². The molecule has 3 aromatic carbocycles. The average Bonchev–Trinajstić information content (AvgIpc) is 2.88. The summed E-state index contributed by atoms with van der Waals surface area (Å²) >= 11 is 2.27. The molecule has 1 aliphatic heterocycles. The molecule has 1 aliphatic rings. The second kappa shape index (κ2) is 11.0. The van der Waals surface area contributed by atoms with Crippen molar-refractivity contribution < 1.29 is 23.7 Å². The maximum Gasteiger partial charge on any atom is 0.183 e. The highest BCUT2D eigenvalue weighted by atomic mass is 127. The van der Waals surface area contributed by atoms with Crippen LogP contribution in [0.15, 0.2) is 54.6 Å². The van der Waals surface area contributed by atoms with E-state index in [0.717, 1.165) is 55.1 Å². The number of rotatable bonds is 7. The first-order chi connectivity index (χ1) is 16.1. The highest BCUT2D eigenvalue weighted by Crippen LogP contribution is 2.39. The van der Waals surface area contributed by atoms with Crippen molar-refractivity contribution in [1.82, 2.24) is 0 Å². The summed E-state index contributed by atoms with van der Waals surface area (Å²) < 4.78 is 29.5. The van der Waals surface area contributed by atoms with Crippen molar-refractivity contribution in [3.05, 3.63) is 74.9 Å². The van der Waals surface area contributed by atoms with E-state index >= 15 is 0 Å². The van der Waals surface area contributed by atoms with Gasteiger partial charge in [-0.15, -0.1) is 0 Å². The summed E-state index contributed by atoms with van der Waals surface area (Å²) in [5.41, 5.74) is 4.93. The minimum Gasteiger partial charge on any atom is -0.496 e. The zero-order chi connectivity index (χ0) is 23.2. The molecule has 0 aromatic heterocycles. The Hall–Kier alpha value is -2.55. The van der Waals surface area contributed by atoms with E-state index in [0.29, 0.717) is 13.2 Å². The van der Waals surface area contributed by atoms with Crippen LogP contribution >= 0.6 is 22.6 Å². The van der Waals surface area contributed by atoms with Crippen molar-refractivity contribution in [3.63, 3.8) is 0 Å². The van der Waals surface area contributed by atoms with Crippen LogP contribution in [0.1, 0.15) is 29.4 Å². The standard InChI is InChI=1S/C27H27IO5/c1-29-24-11-8-18(5-6-19-7-10-23(28)26(16-19)31-3)15-21(24)22-17-20(9-12-25(22)30-2)27-32-13-4-14-33-27/h5-12,15-17,27H,4,13-14H2,1-3H3/b6-5+. The molecule has 0 atom stereocenters. The van der Waals surface area contributed by atoms with Crippen molar-refractivity contribution in [2.45, 2.75) is 12.7 Å². The Morgan fingerprint density at radius 1 is 0.727 bits per heavy atom. The quantitative estimate of drug-likeness (QED) is 0.242. The maximum absolute atomic E-state index is 5.81. The molecule has 0 N–H and O–H groups in total. The van der Waals surface area contributed by atoms with Gasteiger partial charge in [-0.1, -0.05) is 30.4 Å². The summed E-state index contributed by atoms with van der Waals surface area (Å²) in [4.78, 5) is 0. The van der Waals surface area contributed by atoms with Crippen molar-refractivity contribution >= 4 is 34.7 Å². The third-order valence-corrected chi connectivity index (χ3v) is 6.37. The molecule has 4 rings (SSSR count). The van der Waals surface area contributed by atoms with Gasteiger partial charge in [0.25, 0.3) is 0 Å². The normalized spacial score (nSPS) is 14.4. The molecule has 0 spiro atoms. The highest BCUT2D eigenvalue weighted by Gasteiger charge is 2.20. The second-order valence-electron chi connectivity index (χ2n) is 7.57. The molecule has 1 heterocycles. The molecule has 1 fully saturated rings. The van der Waals surface area contributed by atoms with E-state index in [-0.39, 0.29) is 6.29 Å². The average molecular weight is 558 g/mol. The first-order valence-electron chi connectivity index (χ1n) is 10.7. The Morgan fingerprint density at radius 3 is 1.97 bits per heavy atom. The van der Waals surface area contributed by atoms with E-state index in [1.807, 2.05) is 36.4 Å². The van der Waals surface area contributed by atoms with Crippen molar-refractivity contribution in [2.75, 3.05) is 34.5 Å². The predicted molar refractivity (Wildman–Crippen MR) is 139 cm³/mol. The minimum absolute atomic E-state index is 0.367. The van der Waals surface area contributed by atoms with Crippen LogP contribution in [0.25, 0.3) is 23.3 Å². The number of methoxy groups -OCH3 is 3. The smallest absolute Gasteiger partial charge is 0.183 e. The summed E-state index contributed by atoms with van der Waals surface area (Å²) in [7, 11) is 5.04. The Balaban J connectivity index is 1.71. The lowest BCUT2D eigenvalue weighted by Gasteiger charge is -2.24. The van der Waals surface area contributed by atoms with E-state index in [1.54, 1.807) is 21.3 Å². The molecule has 33 heavy (non-hydrogen) atoms. The third kappa shape index (κ3) is 5.51. The molecule has 0 aliphatic carbocycles. The first kappa shape index (κ1) is 23.6. The van der Waals surface area contributed by atoms with Crippen LogP contribution in [0.4, 0.5) is 0 Å². The van der Waals surface area contributed by atoms with Crippen LogP contribution in [0, 0.1) is 3.57 Å². The fraction of sp³-hybridized carbons (Fsp3) is 0.259. The van der Waals surface area contributed by atoms with E-state index in [4.69, 9.17) is 23.7 Å². The lowest BCUT2D eigenvalue weighted by molar-refractivity contribution is -0.183. The molecule has 3 aromatic rings. The summed E-state index contributed by atoms with van der Waals surface area (Å²) in [6, 6.07) is 18.2. The number of benzene rings is 3. The van der Waals surface area contributed by atoms with Crippen LogP contribution in [0.3, 0.4) is 0 Å². The molecule has 0 bridgehead atoms. The third-order valence-electron chi connectivity index (χ3n) is 5.48. The Kier molecular flexibility index (Phi) is 7.90. The molecule has 6 heteroatoms. The molecule has 0 radical (unpaired) electrons. The van der Waals surface area contributed by atoms with Crippen LogP contribution in [0.2, 0.25) is 0 Å². The highest BCUT2D eigenvalue weighted by molar-refractivity contribution is 14.1. The van der Waals surface area contributed by atoms with Crippen LogP contribution in [0.5, 0.6) is 17.2 Å². The number of hydrogen-bond donors (Lipinski definition) is 0. The molecule has 0 unspecified atom stereocenters. The van der Waals surface area contributed by atoms with Gasteiger partial charge in [0.15, 0.2) is 6.29 Å². The molecule has 0 amide bonds. The Morgan fingerprint density at radius 2 is 1.30 bits per heavy atom. The van der Waals surface area contributed by atoms with Crippen molar-refractivity contribution in [3.8, 4) is 28.4 Å². The van der Waals surface area contributed by atoms with Gasteiger partial charge < -0.3 is 23.7 Å². The predicted octanol–water partition coefficient (Wildman–Crippen LogP) is 6.59. The molecule has 172 valence electrons. The topological polar surface area (TPSA) is 46.2 Å². The molecule has 1 saturated heterocycles. The second-order valence-corrected chi connectivity index (χ2v) is 8.74. The first-order valence-corrected chi connectivity index (χ1v) is 11.8. The van der Waals surface area contributed by atoms with Gasteiger partial charge in [0.05, 0.1) is 38.1 Å². The van der Waals surface area contributed by atoms with Gasteiger partial charge in [-0.05, 0) is 76.5 Å². The fourth-order valence-electron chi connectivity index (χ4n) is 3.78. The van der Waals surface area contributed by atoms with E-state index in [2.05, 4.69) is 52.9 Å². The van der Waals surface area contributed by atoms with E-state index in [1.165, 1.54) is 0 Å². The summed E-state index contributed by atoms with van der Waals surface area (Å²) in [5.74, 6) is 2.39. The number of halogens is 1. The fourth-order valence-corrected chi connectivity index (χ4v) is 4.33. The zero-order valence-corrected chi connectivity index (χ0v) is 21.1. The van der Waals surface area contributed by atoms with Crippen LogP contribution in [-0.2, 0) is 9.47 Å². The Labute approximate surface area is 208 Å². The van der Waals surface area contributed by atoms with Gasteiger partial charge in [0.2, 0.25) is 0 Å². The lowest BCUT2D eigenvalue weighted by atomic mass is 9.98. The molecule has 0 saturated carbocycles. The van der Waals surface area contributed by atoms with Gasteiger partial charge in [0.1, 0.15) is 17.2 Å². The Bertz CT molecular complexity index is 1140. The molecular weight excluding hydrogens is 531 g/mol. The number of hydrogen-bond acceptors (Lipinski definition) is 5. The largest absolute Gasteiger partial charge is 0.496 e. The maximum atomic E-state index is 5.81. The zero-order valence-electron chi connectivity index (χ0n) is 19.0. The van der Waals surface area contributed by atoms with Gasteiger partial charge >= 0.3 is 0 Å². The van der Waals surface area contributed by atoms with E-state index < -0.39 is 0 Å². The van der Waals surface area contributed by atoms with Gasteiger partial charge in [-0.3, -0.25) is 0 Å². The SMILES string of the molecule is COc1cc(/C=C/c2ccc(OC)c(-c3cc(C4OCCCO4)ccc3OC)c2)ccc1I. The lowest BCUT2D eigenvalue weighted by Crippen LogP contribution is -2.17. The van der Waals surface area contributed by atoms with Crippen LogP contribution in [-0.4, -0.2) is 34.5 Å². The minimum atomic E-state index is -0.367. The summed E-state index contributed by atoms with van der Waals surface area (Å²) in [5, 5.41) is 0. The summed E-state index contributed by atoms with van der Waals surface area (Å²) in [6.07, 6.45) is 4.69. The van der Waals surface area contributed by atoms with Gasteiger partial charge in [-0.25, -0.2) is 0 Å². The molecular formula is C27H27IO5.